The number of thioether (sulfide) groups is 1. The highest BCUT2D eigenvalue weighted by Gasteiger charge is 2.17. The number of aromatic nitrogens is 1. The number of rotatable bonds is 4. The van der Waals surface area contributed by atoms with Crippen molar-refractivity contribution >= 4 is 57.2 Å². The summed E-state index contributed by atoms with van der Waals surface area (Å²) in [5, 5.41) is 0.887. The molecule has 0 unspecified atom stereocenters. The van der Waals surface area contributed by atoms with E-state index in [1.807, 2.05) is 6.26 Å². The molecule has 0 aliphatic rings. The molecule has 3 nitrogen and oxygen atoms in total. The fourth-order valence-corrected chi connectivity index (χ4v) is 2.71. The van der Waals surface area contributed by atoms with Gasteiger partial charge < -0.3 is 4.90 Å². The van der Waals surface area contributed by atoms with Crippen LogP contribution in [0.5, 0.6) is 0 Å². The molecule has 0 saturated heterocycles. The van der Waals surface area contributed by atoms with Gasteiger partial charge in [-0.1, -0.05) is 34.5 Å². The molecular weight excluding hydrogens is 275 g/mol. The maximum absolute atomic E-state index is 11.7. The molecule has 0 bridgehead atoms. The van der Waals surface area contributed by atoms with Crippen molar-refractivity contribution in [2.24, 2.45) is 0 Å². The van der Waals surface area contributed by atoms with E-state index in [9.17, 15) is 4.79 Å². The molecule has 1 heterocycles. The summed E-state index contributed by atoms with van der Waals surface area (Å²) in [6.07, 6.45) is 2.45. The molecule has 1 amide bonds. The normalized spacial score (nSPS) is 10.4. The van der Waals surface area contributed by atoms with Gasteiger partial charge in [-0.05, 0) is 6.26 Å². The lowest BCUT2D eigenvalue weighted by Gasteiger charge is -2.14. The van der Waals surface area contributed by atoms with Gasteiger partial charge in [0.25, 0.3) is 0 Å². The minimum Gasteiger partial charge on any atom is -0.304 e. The van der Waals surface area contributed by atoms with Crippen LogP contribution in [0, 0.1) is 0 Å². The predicted molar refractivity (Wildman–Crippen MR) is 68.5 cm³/mol. The predicted octanol–water partition coefficient (Wildman–Crippen LogP) is 3.17. The van der Waals surface area contributed by atoms with Crippen LogP contribution < -0.4 is 4.90 Å². The van der Waals surface area contributed by atoms with Crippen molar-refractivity contribution in [1.82, 2.24) is 4.98 Å². The molecule has 1 rings (SSSR count). The summed E-state index contributed by atoms with van der Waals surface area (Å²) in [5.41, 5.74) is 0. The summed E-state index contributed by atoms with van der Waals surface area (Å²) < 4.78 is 0.347. The number of nitrogens with zero attached hydrogens (tertiary/aromatic N) is 2. The fourth-order valence-electron chi connectivity index (χ4n) is 0.947. The summed E-state index contributed by atoms with van der Waals surface area (Å²) >= 11 is 14.4. The first-order valence-electron chi connectivity index (χ1n) is 4.13. The van der Waals surface area contributed by atoms with Crippen molar-refractivity contribution in [3.63, 3.8) is 0 Å². The monoisotopic (exact) mass is 284 g/mol. The van der Waals surface area contributed by atoms with Gasteiger partial charge in [0, 0.05) is 19.2 Å². The highest BCUT2D eigenvalue weighted by molar-refractivity contribution is 7.98. The fraction of sp³-hybridized carbons (Fsp3) is 0.500. The molecule has 0 N–H and O–H groups in total. The zero-order valence-corrected chi connectivity index (χ0v) is 11.4. The molecule has 1 aromatic heterocycles. The number of anilines is 1. The summed E-state index contributed by atoms with van der Waals surface area (Å²) in [4.78, 5) is 17.0. The molecule has 0 spiro atoms. The minimum absolute atomic E-state index is 0.0200. The first kappa shape index (κ1) is 13.1. The Balaban J connectivity index is 2.71. The molecule has 0 aliphatic heterocycles. The molecule has 0 fully saturated rings. The molecule has 0 saturated carbocycles. The second-order valence-electron chi connectivity index (χ2n) is 2.76. The molecule has 0 aromatic carbocycles. The van der Waals surface area contributed by atoms with Gasteiger partial charge in [-0.2, -0.15) is 11.8 Å². The lowest BCUT2D eigenvalue weighted by molar-refractivity contribution is -0.117. The van der Waals surface area contributed by atoms with E-state index in [-0.39, 0.29) is 11.1 Å². The Kier molecular flexibility index (Phi) is 5.18. The molecule has 0 aliphatic carbocycles. The van der Waals surface area contributed by atoms with Gasteiger partial charge in [0.05, 0.1) is 0 Å². The first-order chi connectivity index (χ1) is 7.06. The Morgan fingerprint density at radius 3 is 2.73 bits per heavy atom. The Hall–Kier alpha value is 0.0300. The highest BCUT2D eigenvalue weighted by atomic mass is 35.5. The SMILES string of the molecule is CSCCC(=O)N(C)c1sc(Cl)nc1Cl. The maximum Gasteiger partial charge on any atom is 0.228 e. The smallest absolute Gasteiger partial charge is 0.228 e. The number of carbonyl (C=O) groups excluding carboxylic acids is 1. The average Bonchev–Trinajstić information content (AvgIpc) is 2.53. The molecule has 1 aromatic rings. The van der Waals surface area contributed by atoms with Gasteiger partial charge in [0.15, 0.2) is 9.62 Å². The van der Waals surface area contributed by atoms with Crippen molar-refractivity contribution in [3.05, 3.63) is 9.62 Å². The van der Waals surface area contributed by atoms with E-state index in [2.05, 4.69) is 4.98 Å². The van der Waals surface area contributed by atoms with Crippen molar-refractivity contribution in [2.45, 2.75) is 6.42 Å². The van der Waals surface area contributed by atoms with Crippen LogP contribution in [-0.4, -0.2) is 29.9 Å². The van der Waals surface area contributed by atoms with Gasteiger partial charge in [0.2, 0.25) is 5.91 Å². The van der Waals surface area contributed by atoms with Crippen molar-refractivity contribution in [1.29, 1.82) is 0 Å². The second-order valence-corrected chi connectivity index (χ2v) is 5.66. The molecule has 15 heavy (non-hydrogen) atoms. The van der Waals surface area contributed by atoms with Crippen LogP contribution in [0.25, 0.3) is 0 Å². The zero-order chi connectivity index (χ0) is 11.4. The lowest BCUT2D eigenvalue weighted by atomic mass is 10.4. The third-order valence-corrected chi connectivity index (χ3v) is 3.97. The van der Waals surface area contributed by atoms with Crippen molar-refractivity contribution < 1.29 is 4.79 Å². The van der Waals surface area contributed by atoms with Crippen LogP contribution >= 0.6 is 46.3 Å². The second kappa shape index (κ2) is 5.94. The van der Waals surface area contributed by atoms with Gasteiger partial charge in [-0.25, -0.2) is 4.98 Å². The third-order valence-electron chi connectivity index (χ3n) is 1.74. The standard InChI is InChI=1S/C8H10Cl2N2OS2/c1-12(5(13)3-4-14-2)7-6(9)11-8(10)15-7/h3-4H2,1-2H3. The number of hydrogen-bond acceptors (Lipinski definition) is 4. The Morgan fingerprint density at radius 1 is 1.60 bits per heavy atom. The summed E-state index contributed by atoms with van der Waals surface area (Å²) in [6.45, 7) is 0. The maximum atomic E-state index is 11.7. The van der Waals surface area contributed by atoms with E-state index in [1.54, 1.807) is 18.8 Å². The number of amides is 1. The van der Waals surface area contributed by atoms with Crippen molar-refractivity contribution in [3.8, 4) is 0 Å². The quantitative estimate of drug-likeness (QED) is 0.852. The Bertz CT molecular complexity index is 356. The zero-order valence-electron chi connectivity index (χ0n) is 8.29. The Labute approximate surface area is 107 Å². The van der Waals surface area contributed by atoms with Gasteiger partial charge in [-0.3, -0.25) is 4.79 Å². The molecule has 0 radical (unpaired) electrons. The van der Waals surface area contributed by atoms with E-state index < -0.39 is 0 Å². The van der Waals surface area contributed by atoms with Crippen LogP contribution in [0.4, 0.5) is 5.00 Å². The molecular formula is C8H10Cl2N2OS2. The van der Waals surface area contributed by atoms with Gasteiger partial charge >= 0.3 is 0 Å². The average molecular weight is 285 g/mol. The number of halogens is 2. The molecule has 0 atom stereocenters. The van der Waals surface area contributed by atoms with E-state index in [4.69, 9.17) is 23.2 Å². The summed E-state index contributed by atoms with van der Waals surface area (Å²) in [6, 6.07) is 0. The summed E-state index contributed by atoms with van der Waals surface area (Å²) in [7, 11) is 1.68. The lowest BCUT2D eigenvalue weighted by Crippen LogP contribution is -2.25. The molecule has 7 heteroatoms. The number of thiazole rings is 1. The number of carbonyl (C=O) groups is 1. The Morgan fingerprint density at radius 2 is 2.27 bits per heavy atom. The van der Waals surface area contributed by atoms with Crippen LogP contribution in [0.15, 0.2) is 0 Å². The topological polar surface area (TPSA) is 33.2 Å². The summed E-state index contributed by atoms with van der Waals surface area (Å²) in [5.74, 6) is 0.819. The van der Waals surface area contributed by atoms with Crippen molar-refractivity contribution in [2.75, 3.05) is 24.0 Å². The van der Waals surface area contributed by atoms with E-state index in [0.717, 1.165) is 5.75 Å². The molecule has 84 valence electrons. The van der Waals surface area contributed by atoms with E-state index in [1.165, 1.54) is 16.2 Å². The third kappa shape index (κ3) is 3.52. The van der Waals surface area contributed by atoms with E-state index >= 15 is 0 Å². The largest absolute Gasteiger partial charge is 0.304 e. The van der Waals surface area contributed by atoms with E-state index in [0.29, 0.717) is 15.9 Å². The highest BCUT2D eigenvalue weighted by Crippen LogP contribution is 2.34. The van der Waals surface area contributed by atoms with Crippen LogP contribution in [-0.2, 0) is 4.79 Å². The van der Waals surface area contributed by atoms with Crippen LogP contribution in [0.2, 0.25) is 9.62 Å². The van der Waals surface area contributed by atoms with Gasteiger partial charge in [-0.15, -0.1) is 0 Å². The minimum atomic E-state index is 0.0200. The number of hydrogen-bond donors (Lipinski definition) is 0. The van der Waals surface area contributed by atoms with Gasteiger partial charge in [0.1, 0.15) is 5.00 Å². The first-order valence-corrected chi connectivity index (χ1v) is 7.10. The van der Waals surface area contributed by atoms with Crippen LogP contribution in [0.1, 0.15) is 6.42 Å². The van der Waals surface area contributed by atoms with Crippen LogP contribution in [0.3, 0.4) is 0 Å².